The highest BCUT2D eigenvalue weighted by atomic mass is 16.5. The lowest BCUT2D eigenvalue weighted by Gasteiger charge is -2.15. The zero-order valence-corrected chi connectivity index (χ0v) is 16.9. The van der Waals surface area contributed by atoms with Crippen LogP contribution in [0.5, 0.6) is 11.5 Å². The molecule has 28 heavy (non-hydrogen) atoms. The number of hydrogen-bond acceptors (Lipinski definition) is 4. The molecule has 2 aromatic rings. The molecule has 2 aromatic carbocycles. The van der Waals surface area contributed by atoms with Crippen LogP contribution in [0.25, 0.3) is 0 Å². The second-order valence-corrected chi connectivity index (χ2v) is 7.37. The number of fused-ring (bicyclic) bond motifs is 2. The molecule has 1 aliphatic heterocycles. The fraction of sp³-hybridized carbons (Fsp3) is 0.500. The summed E-state index contributed by atoms with van der Waals surface area (Å²) in [5.74, 6) is 1.95. The Kier molecular flexibility index (Phi) is 8.86. The number of hydrogen-bond donors (Lipinski definition) is 2. The van der Waals surface area contributed by atoms with Crippen molar-refractivity contribution in [3.05, 3.63) is 48.5 Å². The Morgan fingerprint density at radius 1 is 0.500 bits per heavy atom. The summed E-state index contributed by atoms with van der Waals surface area (Å²) in [4.78, 5) is 0. The van der Waals surface area contributed by atoms with Crippen molar-refractivity contribution in [1.82, 2.24) is 0 Å². The first-order valence-electron chi connectivity index (χ1n) is 10.8. The van der Waals surface area contributed by atoms with Crippen LogP contribution in [0, 0.1) is 0 Å². The van der Waals surface area contributed by atoms with E-state index in [1.165, 1.54) is 25.7 Å². The maximum atomic E-state index is 6.02. The van der Waals surface area contributed by atoms with Crippen LogP contribution in [0.4, 0.5) is 11.4 Å². The third-order valence-corrected chi connectivity index (χ3v) is 5.06. The minimum absolute atomic E-state index is 0.781. The quantitative estimate of drug-likeness (QED) is 0.577. The average molecular weight is 383 g/mol. The fourth-order valence-electron chi connectivity index (χ4n) is 3.45. The molecule has 152 valence electrons. The maximum absolute atomic E-state index is 6.02. The number of ether oxygens (including phenoxy) is 2. The van der Waals surface area contributed by atoms with Crippen molar-refractivity contribution in [2.24, 2.45) is 0 Å². The van der Waals surface area contributed by atoms with Crippen molar-refractivity contribution in [1.29, 1.82) is 0 Å². The molecule has 2 N–H and O–H groups in total. The Hall–Kier alpha value is -2.36. The van der Waals surface area contributed by atoms with Crippen LogP contribution in [0.15, 0.2) is 48.5 Å². The second kappa shape index (κ2) is 12.2. The predicted octanol–water partition coefficient (Wildman–Crippen LogP) is 6.10. The molecule has 0 amide bonds. The normalized spacial score (nSPS) is 17.4. The maximum Gasteiger partial charge on any atom is 0.142 e. The van der Waals surface area contributed by atoms with Crippen LogP contribution >= 0.6 is 0 Å². The Morgan fingerprint density at radius 2 is 0.929 bits per heavy atom. The Balaban J connectivity index is 1.51. The summed E-state index contributed by atoms with van der Waals surface area (Å²) in [6.07, 6.45) is 9.30. The predicted molar refractivity (Wildman–Crippen MR) is 118 cm³/mol. The molecule has 0 aromatic heterocycles. The lowest BCUT2D eigenvalue weighted by Crippen LogP contribution is -2.07. The van der Waals surface area contributed by atoms with Gasteiger partial charge in [0.25, 0.3) is 0 Å². The van der Waals surface area contributed by atoms with Gasteiger partial charge >= 0.3 is 0 Å². The first-order valence-corrected chi connectivity index (χ1v) is 10.8. The standard InChI is InChI=1S/C24H34N2O2/c1-3-11-19-27-24-16-8-6-14-22(24)26-18-10-2-4-12-20-28-23-15-7-5-13-21(23)25-17-9-1/h5-8,13-16,25-26H,1-4,9-12,17-20H2. The van der Waals surface area contributed by atoms with Crippen molar-refractivity contribution < 1.29 is 9.47 Å². The highest BCUT2D eigenvalue weighted by Crippen LogP contribution is 2.25. The van der Waals surface area contributed by atoms with E-state index in [0.717, 1.165) is 74.9 Å². The van der Waals surface area contributed by atoms with E-state index >= 15 is 0 Å². The van der Waals surface area contributed by atoms with E-state index in [1.54, 1.807) is 0 Å². The average Bonchev–Trinajstić information content (AvgIpc) is 2.73. The smallest absolute Gasteiger partial charge is 0.142 e. The van der Waals surface area contributed by atoms with Crippen molar-refractivity contribution in [3.63, 3.8) is 0 Å². The van der Waals surface area contributed by atoms with Gasteiger partial charge in [0.15, 0.2) is 0 Å². The summed E-state index contributed by atoms with van der Waals surface area (Å²) >= 11 is 0. The topological polar surface area (TPSA) is 42.5 Å². The number of benzene rings is 2. The van der Waals surface area contributed by atoms with Crippen molar-refractivity contribution in [2.45, 2.75) is 51.4 Å². The summed E-state index contributed by atoms with van der Waals surface area (Å²) in [6, 6.07) is 16.6. The minimum atomic E-state index is 0.781. The largest absolute Gasteiger partial charge is 0.491 e. The van der Waals surface area contributed by atoms with Crippen LogP contribution in [-0.4, -0.2) is 26.3 Å². The molecule has 0 bridgehead atoms. The lowest BCUT2D eigenvalue weighted by atomic mass is 10.2. The highest BCUT2D eigenvalue weighted by molar-refractivity contribution is 5.56. The van der Waals surface area contributed by atoms with Crippen LogP contribution in [-0.2, 0) is 0 Å². The minimum Gasteiger partial charge on any atom is -0.491 e. The van der Waals surface area contributed by atoms with Gasteiger partial charge in [-0.1, -0.05) is 49.9 Å². The van der Waals surface area contributed by atoms with Gasteiger partial charge in [0.1, 0.15) is 11.5 Å². The van der Waals surface area contributed by atoms with Gasteiger partial charge in [-0.2, -0.15) is 0 Å². The van der Waals surface area contributed by atoms with Crippen LogP contribution in [0.1, 0.15) is 51.4 Å². The van der Waals surface area contributed by atoms with Gasteiger partial charge in [0.05, 0.1) is 24.6 Å². The number of rotatable bonds is 0. The van der Waals surface area contributed by atoms with Gasteiger partial charge in [0, 0.05) is 13.1 Å². The molecule has 0 radical (unpaired) electrons. The Labute approximate surface area is 169 Å². The molecule has 0 fully saturated rings. The molecule has 0 saturated carbocycles. The van der Waals surface area contributed by atoms with E-state index in [-0.39, 0.29) is 0 Å². The van der Waals surface area contributed by atoms with E-state index in [2.05, 4.69) is 47.0 Å². The van der Waals surface area contributed by atoms with Gasteiger partial charge in [-0.05, 0) is 49.9 Å². The highest BCUT2D eigenvalue weighted by Gasteiger charge is 2.04. The molecular formula is C24H34N2O2. The Bertz CT molecular complexity index is 572. The van der Waals surface area contributed by atoms with E-state index < -0.39 is 0 Å². The van der Waals surface area contributed by atoms with Crippen LogP contribution in [0.2, 0.25) is 0 Å². The fourth-order valence-corrected chi connectivity index (χ4v) is 3.45. The molecular weight excluding hydrogens is 348 g/mol. The molecule has 0 atom stereocenters. The van der Waals surface area contributed by atoms with Gasteiger partial charge in [-0.15, -0.1) is 0 Å². The molecule has 1 heterocycles. The zero-order chi connectivity index (χ0) is 19.3. The molecule has 4 heteroatoms. The third kappa shape index (κ3) is 6.99. The van der Waals surface area contributed by atoms with E-state index in [4.69, 9.17) is 9.47 Å². The van der Waals surface area contributed by atoms with Gasteiger partial charge in [-0.25, -0.2) is 0 Å². The monoisotopic (exact) mass is 382 g/mol. The first-order chi connectivity index (χ1) is 13.9. The zero-order valence-electron chi connectivity index (χ0n) is 16.9. The molecule has 0 spiro atoms. The van der Waals surface area contributed by atoms with Crippen molar-refractivity contribution >= 4 is 11.4 Å². The van der Waals surface area contributed by atoms with Crippen LogP contribution < -0.4 is 20.1 Å². The number of nitrogens with one attached hydrogen (secondary N) is 2. The summed E-state index contributed by atoms with van der Waals surface area (Å²) in [6.45, 7) is 3.52. The van der Waals surface area contributed by atoms with Crippen LogP contribution in [0.3, 0.4) is 0 Å². The molecule has 1 aliphatic rings. The molecule has 0 aliphatic carbocycles. The number of anilines is 2. The second-order valence-electron chi connectivity index (χ2n) is 7.37. The van der Waals surface area contributed by atoms with E-state index in [0.29, 0.717) is 0 Å². The molecule has 4 nitrogen and oxygen atoms in total. The molecule has 0 saturated heterocycles. The van der Waals surface area contributed by atoms with Crippen molar-refractivity contribution in [2.75, 3.05) is 36.9 Å². The third-order valence-electron chi connectivity index (χ3n) is 5.06. The van der Waals surface area contributed by atoms with E-state index in [9.17, 15) is 0 Å². The van der Waals surface area contributed by atoms with E-state index in [1.807, 2.05) is 12.1 Å². The molecule has 3 rings (SSSR count). The number of para-hydroxylation sites is 4. The molecule has 0 unspecified atom stereocenters. The summed E-state index contributed by atoms with van der Waals surface area (Å²) in [5.41, 5.74) is 2.22. The summed E-state index contributed by atoms with van der Waals surface area (Å²) in [5, 5.41) is 7.07. The lowest BCUT2D eigenvalue weighted by molar-refractivity contribution is 0.305. The summed E-state index contributed by atoms with van der Waals surface area (Å²) in [7, 11) is 0. The van der Waals surface area contributed by atoms with Crippen molar-refractivity contribution in [3.8, 4) is 11.5 Å². The van der Waals surface area contributed by atoms with Gasteiger partial charge in [0.2, 0.25) is 0 Å². The SMILES string of the molecule is c1ccc2c(c1)NCCCCCCOc1ccccc1NCCCCCCO2. The first kappa shape index (κ1) is 20.4. The summed E-state index contributed by atoms with van der Waals surface area (Å²) < 4.78 is 12.0. The van der Waals surface area contributed by atoms with Gasteiger partial charge < -0.3 is 20.1 Å². The Morgan fingerprint density at radius 3 is 1.43 bits per heavy atom. The van der Waals surface area contributed by atoms with Gasteiger partial charge in [-0.3, -0.25) is 0 Å².